The molecule has 0 saturated heterocycles. The number of carbonyl (C=O) groups excluding carboxylic acids is 2. The summed E-state index contributed by atoms with van der Waals surface area (Å²) in [5.41, 5.74) is 0.142. The summed E-state index contributed by atoms with van der Waals surface area (Å²) in [6, 6.07) is 11.5. The van der Waals surface area contributed by atoms with Crippen molar-refractivity contribution in [2.75, 3.05) is 7.11 Å². The van der Waals surface area contributed by atoms with Gasteiger partial charge in [0.25, 0.3) is 0 Å². The standard InChI is InChI=1S/C15H13NO6/c1-21-15(18)12-7-2-3-8-13(12)22-14(17)10-5-4-6-11(9-10)16(19)20/h2-9,16,19H,1H3. The highest BCUT2D eigenvalue weighted by Crippen LogP contribution is 2.20. The van der Waals surface area contributed by atoms with Gasteiger partial charge in [0.15, 0.2) is 5.69 Å². The highest BCUT2D eigenvalue weighted by molar-refractivity contribution is 5.96. The van der Waals surface area contributed by atoms with E-state index >= 15 is 0 Å². The fourth-order valence-corrected chi connectivity index (χ4v) is 1.77. The van der Waals surface area contributed by atoms with Crippen molar-refractivity contribution in [1.29, 1.82) is 0 Å². The number of hydrogen-bond acceptors (Lipinski definition) is 6. The van der Waals surface area contributed by atoms with E-state index in [0.29, 0.717) is 0 Å². The Morgan fingerprint density at radius 1 is 1.09 bits per heavy atom. The van der Waals surface area contributed by atoms with Crippen LogP contribution in [0, 0.1) is 5.21 Å². The van der Waals surface area contributed by atoms with E-state index in [1.54, 1.807) is 12.1 Å². The van der Waals surface area contributed by atoms with Crippen LogP contribution in [0.5, 0.6) is 5.75 Å². The molecule has 22 heavy (non-hydrogen) atoms. The first-order valence-corrected chi connectivity index (χ1v) is 6.26. The lowest BCUT2D eigenvalue weighted by atomic mass is 10.2. The average molecular weight is 303 g/mol. The number of quaternary nitrogens is 1. The molecule has 7 nitrogen and oxygen atoms in total. The molecule has 0 amide bonds. The molecule has 0 heterocycles. The maximum atomic E-state index is 12.1. The van der Waals surface area contributed by atoms with E-state index in [1.807, 2.05) is 0 Å². The van der Waals surface area contributed by atoms with Crippen LogP contribution in [0.4, 0.5) is 5.69 Å². The molecule has 0 saturated carbocycles. The lowest BCUT2D eigenvalue weighted by Gasteiger charge is -2.12. The normalized spacial score (nSPS) is 11.6. The lowest BCUT2D eigenvalue weighted by molar-refractivity contribution is -0.991. The number of carbonyl (C=O) groups is 2. The molecule has 2 N–H and O–H groups in total. The highest BCUT2D eigenvalue weighted by Gasteiger charge is 2.17. The Morgan fingerprint density at radius 3 is 2.50 bits per heavy atom. The quantitative estimate of drug-likeness (QED) is 0.498. The maximum absolute atomic E-state index is 12.1. The van der Waals surface area contributed by atoms with Crippen LogP contribution in [0.15, 0.2) is 48.5 Å². The third kappa shape index (κ3) is 3.47. The van der Waals surface area contributed by atoms with Gasteiger partial charge in [-0.3, -0.25) is 0 Å². The summed E-state index contributed by atoms with van der Waals surface area (Å²) < 4.78 is 9.76. The second kappa shape index (κ2) is 6.81. The zero-order chi connectivity index (χ0) is 16.1. The van der Waals surface area contributed by atoms with Crippen LogP contribution in [0.1, 0.15) is 20.7 Å². The minimum atomic E-state index is -1.15. The number of esters is 2. The summed E-state index contributed by atoms with van der Waals surface area (Å²) in [6.07, 6.45) is 0. The van der Waals surface area contributed by atoms with Crippen molar-refractivity contribution in [2.24, 2.45) is 0 Å². The van der Waals surface area contributed by atoms with E-state index in [2.05, 4.69) is 4.74 Å². The molecule has 0 aliphatic heterocycles. The molecule has 0 spiro atoms. The van der Waals surface area contributed by atoms with Crippen molar-refractivity contribution in [1.82, 2.24) is 0 Å². The van der Waals surface area contributed by atoms with Gasteiger partial charge < -0.3 is 14.7 Å². The van der Waals surface area contributed by atoms with E-state index in [-0.39, 0.29) is 22.6 Å². The number of para-hydroxylation sites is 1. The van der Waals surface area contributed by atoms with Gasteiger partial charge in [-0.05, 0) is 18.2 Å². The smallest absolute Gasteiger partial charge is 0.343 e. The molecule has 114 valence electrons. The lowest BCUT2D eigenvalue weighted by Crippen LogP contribution is -2.99. The molecule has 1 atom stereocenters. The molecular weight excluding hydrogens is 290 g/mol. The van der Waals surface area contributed by atoms with Gasteiger partial charge in [0.2, 0.25) is 0 Å². The Balaban J connectivity index is 2.26. The SMILES string of the molecule is COC(=O)c1ccccc1OC(=O)c1cccc([NH+]([O-])O)c1. The van der Waals surface area contributed by atoms with Gasteiger partial charge in [0, 0.05) is 12.1 Å². The molecule has 7 heteroatoms. The summed E-state index contributed by atoms with van der Waals surface area (Å²) >= 11 is 0. The van der Waals surface area contributed by atoms with Crippen LogP contribution < -0.4 is 9.96 Å². The zero-order valence-electron chi connectivity index (χ0n) is 11.6. The van der Waals surface area contributed by atoms with Crippen LogP contribution >= 0.6 is 0 Å². The zero-order valence-corrected chi connectivity index (χ0v) is 11.6. The number of benzene rings is 2. The Morgan fingerprint density at radius 2 is 1.82 bits per heavy atom. The van der Waals surface area contributed by atoms with Gasteiger partial charge in [-0.1, -0.05) is 18.2 Å². The van der Waals surface area contributed by atoms with Crippen molar-refractivity contribution >= 4 is 17.6 Å². The summed E-state index contributed by atoms with van der Waals surface area (Å²) in [4.78, 5) is 23.7. The first-order valence-electron chi connectivity index (χ1n) is 6.26. The second-order valence-electron chi connectivity index (χ2n) is 4.26. The van der Waals surface area contributed by atoms with Crippen molar-refractivity contribution < 1.29 is 29.5 Å². The Bertz CT molecular complexity index is 698. The van der Waals surface area contributed by atoms with Crippen LogP contribution in [-0.2, 0) is 4.74 Å². The molecule has 2 rings (SSSR count). The number of ether oxygens (including phenoxy) is 2. The van der Waals surface area contributed by atoms with E-state index < -0.39 is 17.2 Å². The third-order valence-electron chi connectivity index (χ3n) is 2.84. The average Bonchev–Trinajstić information content (AvgIpc) is 2.54. The summed E-state index contributed by atoms with van der Waals surface area (Å²) in [5.74, 6) is -1.36. The van der Waals surface area contributed by atoms with Crippen molar-refractivity contribution in [2.45, 2.75) is 0 Å². The van der Waals surface area contributed by atoms with Crippen LogP contribution in [0.25, 0.3) is 0 Å². The fourth-order valence-electron chi connectivity index (χ4n) is 1.77. The molecular formula is C15H13NO6. The molecule has 0 radical (unpaired) electrons. The number of nitrogens with one attached hydrogen (secondary N) is 1. The molecule has 2 aromatic rings. The Kier molecular flexibility index (Phi) is 4.84. The number of rotatable bonds is 4. The largest absolute Gasteiger partial charge is 0.595 e. The molecule has 2 aromatic carbocycles. The van der Waals surface area contributed by atoms with Gasteiger partial charge in [-0.2, -0.15) is 5.23 Å². The van der Waals surface area contributed by atoms with E-state index in [1.165, 1.54) is 43.5 Å². The van der Waals surface area contributed by atoms with Gasteiger partial charge in [-0.25, -0.2) is 14.8 Å². The van der Waals surface area contributed by atoms with E-state index in [4.69, 9.17) is 9.94 Å². The molecule has 0 bridgehead atoms. The van der Waals surface area contributed by atoms with Crippen LogP contribution in [0.3, 0.4) is 0 Å². The van der Waals surface area contributed by atoms with Crippen molar-refractivity contribution in [3.05, 3.63) is 64.9 Å². The molecule has 0 aliphatic rings. The van der Waals surface area contributed by atoms with E-state index in [9.17, 15) is 14.8 Å². The fraction of sp³-hybridized carbons (Fsp3) is 0.0667. The van der Waals surface area contributed by atoms with Gasteiger partial charge in [0.05, 0.1) is 12.7 Å². The van der Waals surface area contributed by atoms with Crippen LogP contribution in [0.2, 0.25) is 0 Å². The topological polar surface area (TPSA) is 100 Å². The van der Waals surface area contributed by atoms with Gasteiger partial charge in [0.1, 0.15) is 11.3 Å². The summed E-state index contributed by atoms with van der Waals surface area (Å²) in [7, 11) is 1.22. The molecule has 0 fully saturated rings. The third-order valence-corrected chi connectivity index (χ3v) is 2.84. The first-order chi connectivity index (χ1) is 10.5. The number of methoxy groups -OCH3 is 1. The Labute approximate surface area is 125 Å². The Hall–Kier alpha value is -2.74. The van der Waals surface area contributed by atoms with Gasteiger partial charge in [-0.15, -0.1) is 0 Å². The van der Waals surface area contributed by atoms with Crippen LogP contribution in [-0.4, -0.2) is 24.3 Å². The van der Waals surface area contributed by atoms with Gasteiger partial charge >= 0.3 is 11.9 Å². The number of hydrogen-bond donors (Lipinski definition) is 2. The minimum Gasteiger partial charge on any atom is -0.595 e. The molecule has 1 unspecified atom stereocenters. The monoisotopic (exact) mass is 303 g/mol. The van der Waals surface area contributed by atoms with Crippen molar-refractivity contribution in [3.63, 3.8) is 0 Å². The molecule has 0 aromatic heterocycles. The second-order valence-corrected chi connectivity index (χ2v) is 4.26. The maximum Gasteiger partial charge on any atom is 0.343 e. The van der Waals surface area contributed by atoms with E-state index in [0.717, 1.165) is 0 Å². The van der Waals surface area contributed by atoms with Crippen molar-refractivity contribution in [3.8, 4) is 5.75 Å². The minimum absolute atomic E-state index is 0.0318. The summed E-state index contributed by atoms with van der Waals surface area (Å²) in [6.45, 7) is 0. The first kappa shape index (κ1) is 15.6. The predicted octanol–water partition coefficient (Wildman–Crippen LogP) is 1.10. The summed E-state index contributed by atoms with van der Waals surface area (Å²) in [5, 5.41) is 18.7. The predicted molar refractivity (Wildman–Crippen MR) is 75.0 cm³/mol. The highest BCUT2D eigenvalue weighted by atomic mass is 16.8. The molecule has 0 aliphatic carbocycles.